The summed E-state index contributed by atoms with van der Waals surface area (Å²) in [5, 5.41) is 4.27. The van der Waals surface area contributed by atoms with Gasteiger partial charge in [0.1, 0.15) is 28.2 Å². The number of para-hydroxylation sites is 3. The maximum atomic E-state index is 6.89. The molecule has 4 heteroatoms. The van der Waals surface area contributed by atoms with Gasteiger partial charge in [0.15, 0.2) is 0 Å². The third-order valence-corrected chi connectivity index (χ3v) is 10.5. The van der Waals surface area contributed by atoms with Crippen LogP contribution in [0.5, 0.6) is 0 Å². The van der Waals surface area contributed by atoms with E-state index in [1.165, 1.54) is 33.5 Å². The highest BCUT2D eigenvalue weighted by Gasteiger charge is 2.26. The lowest BCUT2D eigenvalue weighted by Crippen LogP contribution is -2.10. The van der Waals surface area contributed by atoms with Crippen LogP contribution in [0.15, 0.2) is 124 Å². The molecule has 9 rings (SSSR count). The smallest absolute Gasteiger partial charge is 0.149 e. The van der Waals surface area contributed by atoms with Crippen molar-refractivity contribution in [3.05, 3.63) is 132 Å². The van der Waals surface area contributed by atoms with E-state index in [0.29, 0.717) is 0 Å². The van der Waals surface area contributed by atoms with Crippen molar-refractivity contribution in [3.8, 4) is 28.2 Å². The van der Waals surface area contributed by atoms with Crippen LogP contribution in [0.4, 0.5) is 0 Å². The molecular formula is C47H42N2O2. The Morgan fingerprint density at radius 2 is 1.22 bits per heavy atom. The van der Waals surface area contributed by atoms with Crippen LogP contribution in [0.3, 0.4) is 0 Å². The fourth-order valence-electron chi connectivity index (χ4n) is 7.76. The minimum absolute atomic E-state index is 0.0361. The minimum atomic E-state index is 0.0361. The molecule has 3 aromatic heterocycles. The van der Waals surface area contributed by atoms with Crippen LogP contribution in [-0.2, 0) is 5.41 Å². The van der Waals surface area contributed by atoms with E-state index in [0.717, 1.165) is 66.3 Å². The predicted octanol–water partition coefficient (Wildman–Crippen LogP) is 13.7. The van der Waals surface area contributed by atoms with Gasteiger partial charge < -0.3 is 8.83 Å². The molecule has 0 amide bonds. The molecule has 0 spiro atoms. The standard InChI is InChI=1S/C47H42N2O2/c1-27(2)34-22-30(29-14-9-8-10-15-29)23-35(28(3)4)44(34)49-40-19-12-11-18-39(40)48-46(49)33-17-13-16-32-37-25-42-38(26-43(37)51-45(32)33)36-24-31(47(5,6)7)20-21-41(36)50-42/h8-28H,1-7H3. The fourth-order valence-corrected chi connectivity index (χ4v) is 7.76. The fraction of sp³-hybridized carbons (Fsp3) is 0.213. The molecule has 0 fully saturated rings. The Bertz CT molecular complexity index is 2750. The van der Waals surface area contributed by atoms with E-state index >= 15 is 0 Å². The third-order valence-electron chi connectivity index (χ3n) is 10.5. The predicted molar refractivity (Wildman–Crippen MR) is 213 cm³/mol. The minimum Gasteiger partial charge on any atom is -0.456 e. The number of nitrogens with zero attached hydrogens (tertiary/aromatic N) is 2. The summed E-state index contributed by atoms with van der Waals surface area (Å²) in [6.45, 7) is 15.9. The first kappa shape index (κ1) is 31.4. The van der Waals surface area contributed by atoms with E-state index < -0.39 is 0 Å². The van der Waals surface area contributed by atoms with Crippen molar-refractivity contribution >= 4 is 54.9 Å². The summed E-state index contributed by atoms with van der Waals surface area (Å²) in [5.41, 5.74) is 14.0. The topological polar surface area (TPSA) is 44.1 Å². The maximum absolute atomic E-state index is 6.89. The molecular weight excluding hydrogens is 625 g/mol. The maximum Gasteiger partial charge on any atom is 0.149 e. The summed E-state index contributed by atoms with van der Waals surface area (Å²) in [5.74, 6) is 1.43. The van der Waals surface area contributed by atoms with Crippen molar-refractivity contribution < 1.29 is 8.83 Å². The number of furan rings is 2. The highest BCUT2D eigenvalue weighted by atomic mass is 16.3. The van der Waals surface area contributed by atoms with Crippen LogP contribution >= 0.6 is 0 Å². The molecule has 0 saturated carbocycles. The average molecular weight is 667 g/mol. The largest absolute Gasteiger partial charge is 0.456 e. The highest BCUT2D eigenvalue weighted by molar-refractivity contribution is 6.16. The first-order chi connectivity index (χ1) is 24.6. The van der Waals surface area contributed by atoms with Gasteiger partial charge in [0.25, 0.3) is 0 Å². The van der Waals surface area contributed by atoms with Gasteiger partial charge in [0, 0.05) is 21.5 Å². The molecule has 0 aliphatic heterocycles. The zero-order valence-corrected chi connectivity index (χ0v) is 30.3. The highest BCUT2D eigenvalue weighted by Crippen LogP contribution is 2.44. The molecule has 0 atom stereocenters. The Morgan fingerprint density at radius 3 is 1.92 bits per heavy atom. The Hall–Kier alpha value is -5.61. The molecule has 0 aliphatic rings. The molecule has 0 unspecified atom stereocenters. The van der Waals surface area contributed by atoms with Crippen LogP contribution in [-0.4, -0.2) is 9.55 Å². The van der Waals surface area contributed by atoms with Crippen LogP contribution in [0, 0.1) is 0 Å². The number of imidazole rings is 1. The Labute approximate surface area is 298 Å². The zero-order valence-electron chi connectivity index (χ0n) is 30.3. The van der Waals surface area contributed by atoms with Crippen molar-refractivity contribution in [1.29, 1.82) is 0 Å². The molecule has 0 bridgehead atoms. The zero-order chi connectivity index (χ0) is 35.2. The van der Waals surface area contributed by atoms with E-state index in [2.05, 4.69) is 168 Å². The van der Waals surface area contributed by atoms with E-state index in [1.54, 1.807) is 0 Å². The average Bonchev–Trinajstić information content (AvgIpc) is 3.80. The van der Waals surface area contributed by atoms with E-state index in [9.17, 15) is 0 Å². The molecule has 0 aliphatic carbocycles. The number of aromatic nitrogens is 2. The summed E-state index contributed by atoms with van der Waals surface area (Å²) < 4.78 is 15.7. The van der Waals surface area contributed by atoms with Gasteiger partial charge in [0.05, 0.1) is 22.3 Å². The van der Waals surface area contributed by atoms with Crippen molar-refractivity contribution in [3.63, 3.8) is 0 Å². The Kier molecular flexibility index (Phi) is 7.05. The van der Waals surface area contributed by atoms with Crippen LogP contribution < -0.4 is 0 Å². The van der Waals surface area contributed by atoms with Crippen molar-refractivity contribution in [2.45, 2.75) is 65.7 Å². The molecule has 3 heterocycles. The summed E-state index contributed by atoms with van der Waals surface area (Å²) >= 11 is 0. The molecule has 252 valence electrons. The van der Waals surface area contributed by atoms with Gasteiger partial charge in [-0.2, -0.15) is 0 Å². The van der Waals surface area contributed by atoms with Crippen LogP contribution in [0.1, 0.15) is 77.0 Å². The van der Waals surface area contributed by atoms with Crippen molar-refractivity contribution in [1.82, 2.24) is 9.55 Å². The SMILES string of the molecule is CC(C)c1cc(-c2ccccc2)cc(C(C)C)c1-n1c(-c2cccc3c2oc2cc4c(cc23)oc2ccc(C(C)(C)C)cc24)nc2ccccc21. The van der Waals surface area contributed by atoms with E-state index in [-0.39, 0.29) is 17.3 Å². The summed E-state index contributed by atoms with van der Waals surface area (Å²) in [4.78, 5) is 5.36. The van der Waals surface area contributed by atoms with E-state index in [4.69, 9.17) is 13.8 Å². The molecule has 0 radical (unpaired) electrons. The number of rotatable bonds is 5. The summed E-state index contributed by atoms with van der Waals surface area (Å²) in [6.07, 6.45) is 0. The third kappa shape index (κ3) is 4.99. The molecule has 9 aromatic rings. The lowest BCUT2D eigenvalue weighted by Gasteiger charge is -2.24. The second-order valence-corrected chi connectivity index (χ2v) is 15.6. The quantitative estimate of drug-likeness (QED) is 0.184. The lowest BCUT2D eigenvalue weighted by atomic mass is 9.86. The molecule has 4 nitrogen and oxygen atoms in total. The van der Waals surface area contributed by atoms with Gasteiger partial charge in [0.2, 0.25) is 0 Å². The number of benzene rings is 6. The van der Waals surface area contributed by atoms with Crippen LogP contribution in [0.25, 0.3) is 83.1 Å². The second-order valence-electron chi connectivity index (χ2n) is 15.6. The van der Waals surface area contributed by atoms with Crippen LogP contribution in [0.2, 0.25) is 0 Å². The Morgan fingerprint density at radius 1 is 0.569 bits per heavy atom. The molecule has 6 aromatic carbocycles. The first-order valence-corrected chi connectivity index (χ1v) is 18.1. The van der Waals surface area contributed by atoms with Gasteiger partial charge in [-0.1, -0.05) is 109 Å². The van der Waals surface area contributed by atoms with Crippen molar-refractivity contribution in [2.75, 3.05) is 0 Å². The second kappa shape index (κ2) is 11.5. The summed E-state index contributed by atoms with van der Waals surface area (Å²) in [6, 6.07) is 41.2. The van der Waals surface area contributed by atoms with E-state index in [1.807, 2.05) is 0 Å². The van der Waals surface area contributed by atoms with Gasteiger partial charge >= 0.3 is 0 Å². The first-order valence-electron chi connectivity index (χ1n) is 18.1. The Balaban J connectivity index is 1.32. The van der Waals surface area contributed by atoms with Gasteiger partial charge in [-0.3, -0.25) is 4.57 Å². The number of fused-ring (bicyclic) bond motifs is 7. The normalized spacial score (nSPS) is 12.6. The monoisotopic (exact) mass is 666 g/mol. The molecule has 0 saturated heterocycles. The number of hydrogen-bond donors (Lipinski definition) is 0. The lowest BCUT2D eigenvalue weighted by molar-refractivity contribution is 0.590. The molecule has 51 heavy (non-hydrogen) atoms. The number of hydrogen-bond acceptors (Lipinski definition) is 3. The van der Waals surface area contributed by atoms with Gasteiger partial charge in [-0.15, -0.1) is 0 Å². The van der Waals surface area contributed by atoms with Crippen molar-refractivity contribution in [2.24, 2.45) is 0 Å². The molecule has 0 N–H and O–H groups in total. The van der Waals surface area contributed by atoms with Gasteiger partial charge in [-0.25, -0.2) is 4.98 Å². The van der Waals surface area contributed by atoms with Gasteiger partial charge in [-0.05, 0) is 99.7 Å². The summed E-state index contributed by atoms with van der Waals surface area (Å²) in [7, 11) is 0.